The molecule has 6 heteroatoms. The molecule has 1 unspecified atom stereocenters. The van der Waals surface area contributed by atoms with Gasteiger partial charge in [-0.1, -0.05) is 31.2 Å². The van der Waals surface area contributed by atoms with E-state index in [0.717, 1.165) is 18.7 Å². The van der Waals surface area contributed by atoms with Gasteiger partial charge in [0.1, 0.15) is 6.54 Å². The number of aryl methyl sites for hydroxylation is 1. The van der Waals surface area contributed by atoms with Crippen LogP contribution in [0, 0.1) is 6.92 Å². The van der Waals surface area contributed by atoms with Crippen LogP contribution in [0.3, 0.4) is 0 Å². The zero-order valence-corrected chi connectivity index (χ0v) is 20.9. The van der Waals surface area contributed by atoms with E-state index in [1.54, 1.807) is 29.4 Å². The molecule has 1 atom stereocenters. The van der Waals surface area contributed by atoms with Gasteiger partial charge in [0, 0.05) is 42.9 Å². The standard InChI is InChI=1S/C28H36N4O2/c1-6-23(5)32(19-26-14-10-16-30(26)18-25-12-8-7-11-22(25)4)27(33)20-31(21(2)3)28(34)24-13-9-15-29-17-24/h7-17,21,23H,6,18-20H2,1-5H3. The van der Waals surface area contributed by atoms with E-state index in [4.69, 9.17) is 0 Å². The summed E-state index contributed by atoms with van der Waals surface area (Å²) in [5.74, 6) is -0.229. The lowest BCUT2D eigenvalue weighted by Gasteiger charge is -2.33. The predicted octanol–water partition coefficient (Wildman–Crippen LogP) is 4.92. The van der Waals surface area contributed by atoms with E-state index < -0.39 is 0 Å². The van der Waals surface area contributed by atoms with Gasteiger partial charge in [-0.2, -0.15) is 0 Å². The summed E-state index contributed by atoms with van der Waals surface area (Å²) in [6, 6.07) is 15.9. The summed E-state index contributed by atoms with van der Waals surface area (Å²) >= 11 is 0. The van der Waals surface area contributed by atoms with Gasteiger partial charge in [-0.3, -0.25) is 14.6 Å². The first-order valence-electron chi connectivity index (χ1n) is 12.0. The lowest BCUT2D eigenvalue weighted by atomic mass is 10.1. The zero-order valence-electron chi connectivity index (χ0n) is 20.9. The number of aromatic nitrogens is 2. The lowest BCUT2D eigenvalue weighted by molar-refractivity contribution is -0.135. The van der Waals surface area contributed by atoms with Gasteiger partial charge in [0.15, 0.2) is 0 Å². The Hall–Kier alpha value is -3.41. The summed E-state index contributed by atoms with van der Waals surface area (Å²) in [7, 11) is 0. The second-order valence-corrected chi connectivity index (χ2v) is 9.10. The highest BCUT2D eigenvalue weighted by Crippen LogP contribution is 2.17. The van der Waals surface area contributed by atoms with Crippen LogP contribution in [0.5, 0.6) is 0 Å². The van der Waals surface area contributed by atoms with Gasteiger partial charge >= 0.3 is 0 Å². The quantitative estimate of drug-likeness (QED) is 0.432. The Morgan fingerprint density at radius 3 is 2.41 bits per heavy atom. The Bertz CT molecular complexity index is 1090. The van der Waals surface area contributed by atoms with Crippen LogP contribution in [0.25, 0.3) is 0 Å². The summed E-state index contributed by atoms with van der Waals surface area (Å²) in [6.07, 6.45) is 6.08. The van der Waals surface area contributed by atoms with Crippen LogP contribution in [0.4, 0.5) is 0 Å². The maximum atomic E-state index is 13.6. The summed E-state index contributed by atoms with van der Waals surface area (Å²) in [5, 5.41) is 0. The van der Waals surface area contributed by atoms with Gasteiger partial charge in [-0.15, -0.1) is 0 Å². The molecular weight excluding hydrogens is 424 g/mol. The average Bonchev–Trinajstić information content (AvgIpc) is 3.28. The molecule has 0 bridgehead atoms. The fourth-order valence-corrected chi connectivity index (χ4v) is 3.98. The smallest absolute Gasteiger partial charge is 0.256 e. The van der Waals surface area contributed by atoms with Crippen LogP contribution in [-0.2, 0) is 17.9 Å². The van der Waals surface area contributed by atoms with E-state index in [0.29, 0.717) is 12.1 Å². The number of hydrogen-bond donors (Lipinski definition) is 0. The number of carbonyl (C=O) groups is 2. The van der Waals surface area contributed by atoms with Crippen LogP contribution in [-0.4, -0.2) is 49.8 Å². The summed E-state index contributed by atoms with van der Waals surface area (Å²) in [5.41, 5.74) is 4.07. The molecule has 0 fully saturated rings. The van der Waals surface area contributed by atoms with E-state index in [1.165, 1.54) is 11.1 Å². The molecule has 2 aromatic heterocycles. The van der Waals surface area contributed by atoms with Gasteiger partial charge < -0.3 is 14.4 Å². The predicted molar refractivity (Wildman–Crippen MR) is 135 cm³/mol. The minimum Gasteiger partial charge on any atom is -0.345 e. The Morgan fingerprint density at radius 1 is 1.00 bits per heavy atom. The van der Waals surface area contributed by atoms with Crippen molar-refractivity contribution in [2.24, 2.45) is 0 Å². The first kappa shape index (κ1) is 25.2. The van der Waals surface area contributed by atoms with Crippen LogP contribution in [0.1, 0.15) is 61.3 Å². The third kappa shape index (κ3) is 6.13. The molecule has 180 valence electrons. The van der Waals surface area contributed by atoms with Crippen LogP contribution >= 0.6 is 0 Å². The SMILES string of the molecule is CCC(C)N(Cc1cccn1Cc1ccccc1C)C(=O)CN(C(=O)c1cccnc1)C(C)C. The fraction of sp³-hybridized carbons (Fsp3) is 0.393. The van der Waals surface area contributed by atoms with Crippen molar-refractivity contribution in [2.45, 2.75) is 66.2 Å². The topological polar surface area (TPSA) is 58.4 Å². The highest BCUT2D eigenvalue weighted by atomic mass is 16.2. The Kier molecular flexibility index (Phi) is 8.63. The lowest BCUT2D eigenvalue weighted by Crippen LogP contribution is -2.48. The van der Waals surface area contributed by atoms with Crippen LogP contribution < -0.4 is 0 Å². The average molecular weight is 461 g/mol. The minimum atomic E-state index is -0.177. The molecule has 1 aromatic carbocycles. The first-order valence-corrected chi connectivity index (χ1v) is 12.0. The van der Waals surface area contributed by atoms with Crippen molar-refractivity contribution in [1.29, 1.82) is 0 Å². The summed E-state index contributed by atoms with van der Waals surface area (Å²) < 4.78 is 2.20. The Morgan fingerprint density at radius 2 is 1.76 bits per heavy atom. The summed E-state index contributed by atoms with van der Waals surface area (Å²) in [6.45, 7) is 11.4. The molecule has 0 aliphatic heterocycles. The first-order chi connectivity index (χ1) is 16.3. The van der Waals surface area contributed by atoms with Crippen molar-refractivity contribution < 1.29 is 9.59 Å². The largest absolute Gasteiger partial charge is 0.345 e. The van der Waals surface area contributed by atoms with Crippen molar-refractivity contribution in [3.05, 3.63) is 89.5 Å². The molecule has 0 N–H and O–H groups in total. The summed E-state index contributed by atoms with van der Waals surface area (Å²) in [4.78, 5) is 34.2. The zero-order chi connectivity index (χ0) is 24.7. The molecule has 3 aromatic rings. The molecule has 2 heterocycles. The third-order valence-electron chi connectivity index (χ3n) is 6.40. The molecule has 0 saturated heterocycles. The van der Waals surface area contributed by atoms with Crippen LogP contribution in [0.2, 0.25) is 0 Å². The van der Waals surface area contributed by atoms with E-state index >= 15 is 0 Å². The molecule has 34 heavy (non-hydrogen) atoms. The van der Waals surface area contributed by atoms with Gasteiger partial charge in [-0.05, 0) is 69.5 Å². The van der Waals surface area contributed by atoms with Gasteiger partial charge in [0.2, 0.25) is 5.91 Å². The maximum absolute atomic E-state index is 13.6. The van der Waals surface area contributed by atoms with E-state index in [2.05, 4.69) is 60.8 Å². The molecule has 0 saturated carbocycles. The molecular formula is C28H36N4O2. The number of hydrogen-bond acceptors (Lipinski definition) is 3. The molecule has 3 rings (SSSR count). The van der Waals surface area contributed by atoms with Gasteiger partial charge in [0.05, 0.1) is 12.1 Å². The Labute approximate surface area is 203 Å². The molecule has 0 radical (unpaired) electrons. The second kappa shape index (κ2) is 11.6. The molecule has 6 nitrogen and oxygen atoms in total. The highest BCUT2D eigenvalue weighted by Gasteiger charge is 2.27. The van der Waals surface area contributed by atoms with E-state index in [9.17, 15) is 9.59 Å². The monoisotopic (exact) mass is 460 g/mol. The normalized spacial score (nSPS) is 11.9. The van der Waals surface area contributed by atoms with Crippen molar-refractivity contribution in [3.63, 3.8) is 0 Å². The number of benzene rings is 1. The van der Waals surface area contributed by atoms with Crippen molar-refractivity contribution in [3.8, 4) is 0 Å². The van der Waals surface area contributed by atoms with E-state index in [1.807, 2.05) is 30.9 Å². The number of pyridine rings is 1. The van der Waals surface area contributed by atoms with Gasteiger partial charge in [0.25, 0.3) is 5.91 Å². The number of rotatable bonds is 10. The van der Waals surface area contributed by atoms with Crippen molar-refractivity contribution in [2.75, 3.05) is 6.54 Å². The van der Waals surface area contributed by atoms with Crippen molar-refractivity contribution in [1.82, 2.24) is 19.4 Å². The van der Waals surface area contributed by atoms with E-state index in [-0.39, 0.29) is 30.4 Å². The third-order valence-corrected chi connectivity index (χ3v) is 6.40. The minimum absolute atomic E-state index is 0.0359. The number of carbonyl (C=O) groups excluding carboxylic acids is 2. The second-order valence-electron chi connectivity index (χ2n) is 9.10. The molecule has 0 aliphatic rings. The number of nitrogens with zero attached hydrogens (tertiary/aromatic N) is 4. The fourth-order valence-electron chi connectivity index (χ4n) is 3.98. The molecule has 0 aliphatic carbocycles. The molecule has 0 spiro atoms. The molecule has 2 amide bonds. The maximum Gasteiger partial charge on any atom is 0.256 e. The number of amides is 2. The van der Waals surface area contributed by atoms with Crippen LogP contribution in [0.15, 0.2) is 67.1 Å². The van der Waals surface area contributed by atoms with Gasteiger partial charge in [-0.25, -0.2) is 0 Å². The highest BCUT2D eigenvalue weighted by molar-refractivity contribution is 5.96. The Balaban J connectivity index is 1.80. The van der Waals surface area contributed by atoms with Crippen molar-refractivity contribution >= 4 is 11.8 Å².